The Kier molecular flexibility index (Phi) is 2.83. The molecule has 14 heavy (non-hydrogen) atoms. The zero-order chi connectivity index (χ0) is 9.26. The van der Waals surface area contributed by atoms with Crippen LogP contribution < -0.4 is 15.9 Å². The van der Waals surface area contributed by atoms with Gasteiger partial charge in [-0.2, -0.15) is 0 Å². The summed E-state index contributed by atoms with van der Waals surface area (Å²) in [7, 11) is 0. The monoisotopic (exact) mass is 193 g/mol. The van der Waals surface area contributed by atoms with Crippen LogP contribution >= 0.6 is 0 Å². The molecule has 1 aromatic carbocycles. The maximum absolute atomic E-state index is 10.7. The van der Waals surface area contributed by atoms with Crippen molar-refractivity contribution in [3.63, 3.8) is 0 Å². The van der Waals surface area contributed by atoms with Crippen molar-refractivity contribution in [3.8, 4) is 11.6 Å². The molecule has 5 heteroatoms. The third kappa shape index (κ3) is 1.72. The van der Waals surface area contributed by atoms with Gasteiger partial charge < -0.3 is 15.8 Å². The minimum Gasteiger partial charge on any atom is -0.539 e. The van der Waals surface area contributed by atoms with E-state index in [0.29, 0.717) is 0 Å². The van der Waals surface area contributed by atoms with Crippen LogP contribution in [-0.4, -0.2) is 5.27 Å². The van der Waals surface area contributed by atoms with Crippen molar-refractivity contribution < 1.29 is 14.3 Å². The number of aryl methyl sites for hydroxylation is 1. The summed E-state index contributed by atoms with van der Waals surface area (Å²) in [5.41, 5.74) is 1.90. The van der Waals surface area contributed by atoms with Gasteiger partial charge in [0.1, 0.15) is 5.95 Å². The number of aromatic nitrogens is 2. The summed E-state index contributed by atoms with van der Waals surface area (Å²) < 4.78 is 5.86. The normalized spacial score (nSPS) is 9.50. The van der Waals surface area contributed by atoms with Crippen molar-refractivity contribution in [2.75, 3.05) is 0 Å². The van der Waals surface area contributed by atoms with E-state index < -0.39 is 5.95 Å². The van der Waals surface area contributed by atoms with Gasteiger partial charge in [0.15, 0.2) is 0 Å². The molecule has 5 nitrogen and oxygen atoms in total. The second kappa shape index (κ2) is 3.89. The molecule has 2 aromatic rings. The van der Waals surface area contributed by atoms with Crippen LogP contribution in [0.25, 0.3) is 5.69 Å². The largest absolute Gasteiger partial charge is 0.539 e. The molecule has 74 valence electrons. The molecule has 0 aliphatic heterocycles. The molecule has 2 rings (SSSR count). The summed E-state index contributed by atoms with van der Waals surface area (Å²) in [5.74, 6) is -0.441. The van der Waals surface area contributed by atoms with Crippen LogP contribution in [0.15, 0.2) is 35.0 Å². The predicted molar refractivity (Wildman–Crippen MR) is 47.2 cm³/mol. The van der Waals surface area contributed by atoms with Gasteiger partial charge in [-0.1, -0.05) is 18.2 Å². The molecule has 0 fully saturated rings. The van der Waals surface area contributed by atoms with E-state index in [2.05, 4.69) is 9.79 Å². The van der Waals surface area contributed by atoms with Crippen LogP contribution in [-0.2, 0) is 0 Å². The lowest BCUT2D eigenvalue weighted by atomic mass is 10.2. The number of nitrogens with zero attached hydrogens (tertiary/aromatic N) is 2. The Morgan fingerprint density at radius 2 is 2.07 bits per heavy atom. The van der Waals surface area contributed by atoms with Crippen LogP contribution in [0.5, 0.6) is 5.95 Å². The lowest BCUT2D eigenvalue weighted by molar-refractivity contribution is -0.670. The molecule has 0 atom stereocenters. The molecular formula is C9H11N3O2. The van der Waals surface area contributed by atoms with Crippen LogP contribution in [0.3, 0.4) is 0 Å². The van der Waals surface area contributed by atoms with E-state index in [1.807, 2.05) is 31.2 Å². The fourth-order valence-corrected chi connectivity index (χ4v) is 1.17. The van der Waals surface area contributed by atoms with Gasteiger partial charge in [0, 0.05) is 11.6 Å². The molecule has 3 N–H and O–H groups in total. The molecular weight excluding hydrogens is 182 g/mol. The Hall–Kier alpha value is -1.88. The minimum absolute atomic E-state index is 0. The van der Waals surface area contributed by atoms with E-state index in [1.54, 1.807) is 0 Å². The Bertz CT molecular complexity index is 426. The van der Waals surface area contributed by atoms with Gasteiger partial charge in [0.25, 0.3) is 0 Å². The van der Waals surface area contributed by atoms with Crippen molar-refractivity contribution in [2.24, 2.45) is 0 Å². The molecule has 0 radical (unpaired) electrons. The number of rotatable bonds is 1. The highest BCUT2D eigenvalue weighted by atomic mass is 16.6. The topological polar surface area (TPSA) is 88.0 Å². The highest BCUT2D eigenvalue weighted by Gasteiger charge is 2.10. The van der Waals surface area contributed by atoms with Gasteiger partial charge in [-0.25, -0.2) is 0 Å². The van der Waals surface area contributed by atoms with Crippen molar-refractivity contribution in [1.29, 1.82) is 0 Å². The van der Waals surface area contributed by atoms with Crippen LogP contribution in [0.4, 0.5) is 0 Å². The summed E-state index contributed by atoms with van der Waals surface area (Å²) in [5, 5.41) is 14.3. The Labute approximate surface area is 81.1 Å². The van der Waals surface area contributed by atoms with Crippen molar-refractivity contribution in [2.45, 2.75) is 6.92 Å². The van der Waals surface area contributed by atoms with E-state index in [9.17, 15) is 5.11 Å². The van der Waals surface area contributed by atoms with Gasteiger partial charge in [-0.15, -0.1) is 0 Å². The molecule has 0 saturated heterocycles. The zero-order valence-corrected chi connectivity index (χ0v) is 7.80. The molecule has 1 aromatic heterocycles. The van der Waals surface area contributed by atoms with E-state index in [1.165, 1.54) is 10.9 Å². The number of para-hydroxylation sites is 1. The van der Waals surface area contributed by atoms with Crippen molar-refractivity contribution >= 4 is 0 Å². The summed E-state index contributed by atoms with van der Waals surface area (Å²) in [4.78, 5) is 0. The highest BCUT2D eigenvalue weighted by molar-refractivity contribution is 5.31. The first kappa shape index (κ1) is 10.2. The third-order valence-electron chi connectivity index (χ3n) is 1.81. The molecule has 1 heterocycles. The number of hydrogen-bond donors (Lipinski definition) is 1. The van der Waals surface area contributed by atoms with Gasteiger partial charge in [-0.05, 0) is 11.6 Å². The fourth-order valence-electron chi connectivity index (χ4n) is 1.17. The van der Waals surface area contributed by atoms with Gasteiger partial charge in [0.2, 0.25) is 11.9 Å². The first-order valence-electron chi connectivity index (χ1n) is 3.89. The van der Waals surface area contributed by atoms with Crippen LogP contribution in [0.1, 0.15) is 5.56 Å². The van der Waals surface area contributed by atoms with E-state index in [4.69, 9.17) is 0 Å². The minimum atomic E-state index is -0.441. The van der Waals surface area contributed by atoms with Gasteiger partial charge in [-0.3, -0.25) is 0 Å². The smallest absolute Gasteiger partial charge is 0.242 e. The maximum atomic E-state index is 10.7. The average molecular weight is 193 g/mol. The SMILES string of the molecule is Cc1ccccc1-[n+]1cc([O-])on1.N. The Morgan fingerprint density at radius 3 is 2.64 bits per heavy atom. The summed E-state index contributed by atoms with van der Waals surface area (Å²) in [6.45, 7) is 1.95. The van der Waals surface area contributed by atoms with Crippen molar-refractivity contribution in [1.82, 2.24) is 11.4 Å². The van der Waals surface area contributed by atoms with E-state index in [0.717, 1.165) is 11.3 Å². The highest BCUT2D eigenvalue weighted by Crippen LogP contribution is 2.06. The van der Waals surface area contributed by atoms with E-state index in [-0.39, 0.29) is 6.15 Å². The Balaban J connectivity index is 0.000000980. The number of benzene rings is 1. The summed E-state index contributed by atoms with van der Waals surface area (Å²) in [6.07, 6.45) is 1.31. The van der Waals surface area contributed by atoms with Gasteiger partial charge in [0.05, 0.1) is 5.27 Å². The maximum Gasteiger partial charge on any atom is 0.242 e. The number of hydrogen-bond acceptors (Lipinski definition) is 4. The lowest BCUT2D eigenvalue weighted by Crippen LogP contribution is -2.32. The second-order valence-corrected chi connectivity index (χ2v) is 2.75. The summed E-state index contributed by atoms with van der Waals surface area (Å²) >= 11 is 0. The summed E-state index contributed by atoms with van der Waals surface area (Å²) in [6, 6.07) is 7.63. The second-order valence-electron chi connectivity index (χ2n) is 2.75. The molecule has 0 spiro atoms. The molecule has 0 saturated carbocycles. The van der Waals surface area contributed by atoms with Crippen LogP contribution in [0, 0.1) is 6.92 Å². The standard InChI is InChI=1S/C9H8N2O2.H3N/c1-7-4-2-3-5-8(7)11-6-9(12)13-10-11;/h2-6H,1H3;1H3. The first-order chi connectivity index (χ1) is 6.27. The molecule has 0 aliphatic rings. The van der Waals surface area contributed by atoms with E-state index >= 15 is 0 Å². The van der Waals surface area contributed by atoms with Gasteiger partial charge >= 0.3 is 0 Å². The van der Waals surface area contributed by atoms with Crippen molar-refractivity contribution in [3.05, 3.63) is 36.0 Å². The Morgan fingerprint density at radius 1 is 1.36 bits per heavy atom. The lowest BCUT2D eigenvalue weighted by Gasteiger charge is -1.92. The quantitative estimate of drug-likeness (QED) is 0.668. The third-order valence-corrected chi connectivity index (χ3v) is 1.81. The average Bonchev–Trinajstić information content (AvgIpc) is 2.53. The fraction of sp³-hybridized carbons (Fsp3) is 0.111. The molecule has 0 bridgehead atoms. The first-order valence-corrected chi connectivity index (χ1v) is 3.89. The van der Waals surface area contributed by atoms with Crippen LogP contribution in [0.2, 0.25) is 0 Å². The molecule has 0 aliphatic carbocycles. The molecule has 0 unspecified atom stereocenters. The zero-order valence-electron chi connectivity index (χ0n) is 7.80. The predicted octanol–water partition coefficient (Wildman–Crippen LogP) is 0.495. The molecule has 0 amide bonds.